The van der Waals surface area contributed by atoms with Crippen LogP contribution in [0.4, 0.5) is 4.39 Å². The Balaban J connectivity index is 1.42. The Bertz CT molecular complexity index is 914. The van der Waals surface area contributed by atoms with Crippen molar-refractivity contribution in [3.8, 4) is 17.2 Å². The third-order valence-electron chi connectivity index (χ3n) is 3.68. The minimum atomic E-state index is -0.465. The molecule has 0 saturated carbocycles. The number of hydrogen-bond donors (Lipinski definition) is 1. The number of para-hydroxylation sites is 1. The molecular weight excluding hydrogens is 335 g/mol. The maximum absolute atomic E-state index is 13.2. The van der Waals surface area contributed by atoms with Crippen LogP contribution in [0.2, 0.25) is 0 Å². The van der Waals surface area contributed by atoms with E-state index < -0.39 is 5.82 Å². The van der Waals surface area contributed by atoms with E-state index in [1.165, 1.54) is 12.3 Å². The summed E-state index contributed by atoms with van der Waals surface area (Å²) in [4.78, 5) is 9.23. The van der Waals surface area contributed by atoms with E-state index >= 15 is 0 Å². The SMILES string of the molecule is Fc1cncc(OC2=CC(c3ccc(Oc4ccccc4)cc3)ON2)c1. The molecule has 2 aromatic carbocycles. The van der Waals surface area contributed by atoms with E-state index in [4.69, 9.17) is 14.3 Å². The molecule has 5 nitrogen and oxygen atoms in total. The van der Waals surface area contributed by atoms with Crippen molar-refractivity contribution in [2.24, 2.45) is 0 Å². The zero-order valence-corrected chi connectivity index (χ0v) is 13.6. The van der Waals surface area contributed by atoms with Crippen LogP contribution in [0.5, 0.6) is 17.2 Å². The number of ether oxygens (including phenoxy) is 2. The lowest BCUT2D eigenvalue weighted by Crippen LogP contribution is -2.12. The molecule has 6 heteroatoms. The van der Waals surface area contributed by atoms with Crippen LogP contribution < -0.4 is 15.0 Å². The van der Waals surface area contributed by atoms with Gasteiger partial charge in [-0.2, -0.15) is 0 Å². The highest BCUT2D eigenvalue weighted by atomic mass is 19.1. The van der Waals surface area contributed by atoms with Gasteiger partial charge in [-0.05, 0) is 29.8 Å². The number of rotatable bonds is 5. The zero-order chi connectivity index (χ0) is 17.8. The van der Waals surface area contributed by atoms with Crippen molar-refractivity contribution in [3.63, 3.8) is 0 Å². The van der Waals surface area contributed by atoms with Crippen molar-refractivity contribution in [1.29, 1.82) is 0 Å². The Morgan fingerprint density at radius 3 is 2.42 bits per heavy atom. The van der Waals surface area contributed by atoms with Gasteiger partial charge in [-0.3, -0.25) is 9.82 Å². The normalized spacial score (nSPS) is 15.9. The molecule has 0 saturated heterocycles. The summed E-state index contributed by atoms with van der Waals surface area (Å²) in [5.41, 5.74) is 3.61. The average molecular weight is 350 g/mol. The van der Waals surface area contributed by atoms with Crippen LogP contribution in [0.3, 0.4) is 0 Å². The molecule has 1 aliphatic rings. The molecular formula is C20H15FN2O3. The molecule has 1 unspecified atom stereocenters. The van der Waals surface area contributed by atoms with Gasteiger partial charge in [0, 0.05) is 12.1 Å². The molecule has 4 rings (SSSR count). The number of pyridine rings is 1. The topological polar surface area (TPSA) is 52.6 Å². The summed E-state index contributed by atoms with van der Waals surface area (Å²) in [7, 11) is 0. The van der Waals surface area contributed by atoms with Crippen molar-refractivity contribution >= 4 is 0 Å². The number of aromatic nitrogens is 1. The van der Waals surface area contributed by atoms with Crippen LogP contribution in [0, 0.1) is 5.82 Å². The van der Waals surface area contributed by atoms with Gasteiger partial charge < -0.3 is 9.47 Å². The van der Waals surface area contributed by atoms with E-state index in [0.717, 1.165) is 23.3 Å². The van der Waals surface area contributed by atoms with Crippen molar-refractivity contribution in [2.75, 3.05) is 0 Å². The zero-order valence-electron chi connectivity index (χ0n) is 13.6. The highest BCUT2D eigenvalue weighted by Crippen LogP contribution is 2.28. The van der Waals surface area contributed by atoms with Gasteiger partial charge in [0.2, 0.25) is 5.88 Å². The summed E-state index contributed by atoms with van der Waals surface area (Å²) < 4.78 is 24.4. The predicted molar refractivity (Wildman–Crippen MR) is 92.8 cm³/mol. The lowest BCUT2D eigenvalue weighted by atomic mass is 10.1. The summed E-state index contributed by atoms with van der Waals surface area (Å²) in [6.07, 6.45) is 3.98. The van der Waals surface area contributed by atoms with E-state index in [9.17, 15) is 4.39 Å². The predicted octanol–water partition coefficient (Wildman–Crippen LogP) is 4.51. The number of hydrogen-bond acceptors (Lipinski definition) is 5. The van der Waals surface area contributed by atoms with Crippen molar-refractivity contribution < 1.29 is 18.7 Å². The molecule has 26 heavy (non-hydrogen) atoms. The summed E-state index contributed by atoms with van der Waals surface area (Å²) in [5, 5.41) is 0. The number of nitrogens with zero attached hydrogens (tertiary/aromatic N) is 1. The van der Waals surface area contributed by atoms with E-state index in [1.54, 1.807) is 6.08 Å². The monoisotopic (exact) mass is 350 g/mol. The number of benzene rings is 2. The molecule has 0 fully saturated rings. The van der Waals surface area contributed by atoms with Crippen LogP contribution >= 0.6 is 0 Å². The number of nitrogens with one attached hydrogen (secondary N) is 1. The van der Waals surface area contributed by atoms with Crippen molar-refractivity contribution in [2.45, 2.75) is 6.10 Å². The maximum atomic E-state index is 13.2. The molecule has 1 aromatic heterocycles. The molecule has 0 spiro atoms. The van der Waals surface area contributed by atoms with Crippen LogP contribution in [0.1, 0.15) is 11.7 Å². The third-order valence-corrected chi connectivity index (χ3v) is 3.68. The average Bonchev–Trinajstić information content (AvgIpc) is 3.12. The van der Waals surface area contributed by atoms with Gasteiger partial charge in [0.25, 0.3) is 0 Å². The Hall–Kier alpha value is -3.38. The molecule has 0 amide bonds. The minimum Gasteiger partial charge on any atom is -0.457 e. The van der Waals surface area contributed by atoms with Gasteiger partial charge >= 0.3 is 0 Å². The second-order valence-electron chi connectivity index (χ2n) is 5.60. The van der Waals surface area contributed by atoms with Gasteiger partial charge in [0.05, 0.1) is 12.4 Å². The fraction of sp³-hybridized carbons (Fsp3) is 0.0500. The first-order chi connectivity index (χ1) is 12.8. The van der Waals surface area contributed by atoms with E-state index in [1.807, 2.05) is 54.6 Å². The first kappa shape index (κ1) is 16.1. The van der Waals surface area contributed by atoms with Crippen molar-refractivity contribution in [3.05, 3.63) is 96.4 Å². The third kappa shape index (κ3) is 3.81. The smallest absolute Gasteiger partial charge is 0.216 e. The fourth-order valence-electron chi connectivity index (χ4n) is 2.47. The Morgan fingerprint density at radius 2 is 1.65 bits per heavy atom. The second kappa shape index (κ2) is 7.25. The molecule has 1 N–H and O–H groups in total. The van der Waals surface area contributed by atoms with E-state index in [-0.39, 0.29) is 6.10 Å². The highest BCUT2D eigenvalue weighted by molar-refractivity contribution is 5.35. The Kier molecular flexibility index (Phi) is 4.49. The molecule has 1 aliphatic heterocycles. The lowest BCUT2D eigenvalue weighted by Gasteiger charge is -2.09. The summed E-state index contributed by atoms with van der Waals surface area (Å²) >= 11 is 0. The van der Waals surface area contributed by atoms with Crippen molar-refractivity contribution in [1.82, 2.24) is 10.5 Å². The summed E-state index contributed by atoms with van der Waals surface area (Å²) in [6, 6.07) is 18.4. The van der Waals surface area contributed by atoms with Gasteiger partial charge in [0.15, 0.2) is 5.75 Å². The van der Waals surface area contributed by atoms with Crippen LogP contribution in [0.25, 0.3) is 0 Å². The Morgan fingerprint density at radius 1 is 0.885 bits per heavy atom. The number of hydroxylamine groups is 1. The van der Waals surface area contributed by atoms with Gasteiger partial charge in [-0.25, -0.2) is 9.87 Å². The highest BCUT2D eigenvalue weighted by Gasteiger charge is 2.20. The molecule has 0 aliphatic carbocycles. The van der Waals surface area contributed by atoms with Crippen LogP contribution in [-0.2, 0) is 4.84 Å². The quantitative estimate of drug-likeness (QED) is 0.734. The molecule has 130 valence electrons. The van der Waals surface area contributed by atoms with Crippen LogP contribution in [0.15, 0.2) is 85.0 Å². The summed E-state index contributed by atoms with van der Waals surface area (Å²) in [5.74, 6) is 1.72. The van der Waals surface area contributed by atoms with Gasteiger partial charge in [-0.1, -0.05) is 30.3 Å². The first-order valence-corrected chi connectivity index (χ1v) is 8.01. The van der Waals surface area contributed by atoms with Crippen LogP contribution in [-0.4, -0.2) is 4.98 Å². The first-order valence-electron chi connectivity index (χ1n) is 8.01. The fourth-order valence-corrected chi connectivity index (χ4v) is 2.47. The standard InChI is InChI=1S/C20H15FN2O3/c21-15-10-18(13-22-12-15)25-20-11-19(26-23-20)14-6-8-17(9-7-14)24-16-4-2-1-3-5-16/h1-13,19,23H. The lowest BCUT2D eigenvalue weighted by molar-refractivity contribution is 0.0272. The molecule has 1 atom stereocenters. The molecule has 3 aromatic rings. The summed E-state index contributed by atoms with van der Waals surface area (Å²) in [6.45, 7) is 0. The second-order valence-corrected chi connectivity index (χ2v) is 5.60. The van der Waals surface area contributed by atoms with E-state index in [0.29, 0.717) is 11.6 Å². The molecule has 0 bridgehead atoms. The molecule has 2 heterocycles. The molecule has 0 radical (unpaired) electrons. The largest absolute Gasteiger partial charge is 0.457 e. The minimum absolute atomic E-state index is 0.291. The number of halogens is 1. The van der Waals surface area contributed by atoms with E-state index in [2.05, 4.69) is 10.5 Å². The maximum Gasteiger partial charge on any atom is 0.216 e. The van der Waals surface area contributed by atoms with Gasteiger partial charge in [-0.15, -0.1) is 0 Å². The van der Waals surface area contributed by atoms with Gasteiger partial charge in [0.1, 0.15) is 23.4 Å². The Labute approximate surface area is 149 Å².